The smallest absolute Gasteiger partial charge is 0.252 e. The SMILES string of the molecule is Cc1nc2ccc(-c3cc(N)nc(F)c3)nc2n1C1CC(F)(F)C1. The molecule has 0 aliphatic heterocycles. The summed E-state index contributed by atoms with van der Waals surface area (Å²) in [7, 11) is 0. The molecule has 5 nitrogen and oxygen atoms in total. The Morgan fingerprint density at radius 2 is 1.92 bits per heavy atom. The number of imidazole rings is 1. The van der Waals surface area contributed by atoms with E-state index in [1.165, 1.54) is 12.1 Å². The van der Waals surface area contributed by atoms with E-state index in [1.54, 1.807) is 23.6 Å². The number of anilines is 1. The molecule has 3 aromatic heterocycles. The van der Waals surface area contributed by atoms with E-state index in [4.69, 9.17) is 5.73 Å². The highest BCUT2D eigenvalue weighted by Gasteiger charge is 2.47. The largest absolute Gasteiger partial charge is 0.384 e. The lowest BCUT2D eigenvalue weighted by Gasteiger charge is -2.36. The first-order valence-corrected chi connectivity index (χ1v) is 7.49. The lowest BCUT2D eigenvalue weighted by molar-refractivity contribution is -0.103. The van der Waals surface area contributed by atoms with E-state index in [0.717, 1.165) is 0 Å². The van der Waals surface area contributed by atoms with Gasteiger partial charge in [-0.3, -0.25) is 0 Å². The summed E-state index contributed by atoms with van der Waals surface area (Å²) < 4.78 is 41.7. The molecule has 0 aromatic carbocycles. The van der Waals surface area contributed by atoms with E-state index < -0.39 is 11.9 Å². The molecule has 0 unspecified atom stereocenters. The van der Waals surface area contributed by atoms with Crippen LogP contribution in [0.4, 0.5) is 19.0 Å². The van der Waals surface area contributed by atoms with Gasteiger partial charge < -0.3 is 10.3 Å². The van der Waals surface area contributed by atoms with Gasteiger partial charge in [0.2, 0.25) is 5.95 Å². The molecule has 1 saturated carbocycles. The zero-order valence-corrected chi connectivity index (χ0v) is 12.8. The van der Waals surface area contributed by atoms with Gasteiger partial charge in [0.15, 0.2) is 5.65 Å². The third-order valence-electron chi connectivity index (χ3n) is 4.26. The zero-order valence-electron chi connectivity index (χ0n) is 12.8. The number of nitrogen functional groups attached to an aromatic ring is 1. The van der Waals surface area contributed by atoms with Crippen LogP contribution in [0.5, 0.6) is 0 Å². The van der Waals surface area contributed by atoms with E-state index in [-0.39, 0.29) is 24.7 Å². The predicted octanol–water partition coefficient (Wildman–Crippen LogP) is 3.49. The van der Waals surface area contributed by atoms with Crippen molar-refractivity contribution in [1.29, 1.82) is 0 Å². The highest BCUT2D eigenvalue weighted by Crippen LogP contribution is 2.46. The molecule has 4 rings (SSSR count). The molecule has 1 aliphatic carbocycles. The fourth-order valence-corrected chi connectivity index (χ4v) is 3.16. The molecule has 0 spiro atoms. The quantitative estimate of drug-likeness (QED) is 0.729. The normalized spacial score (nSPS) is 17.2. The summed E-state index contributed by atoms with van der Waals surface area (Å²) in [5, 5.41) is 0. The molecule has 0 amide bonds. The van der Waals surface area contributed by atoms with Crippen LogP contribution in [0.25, 0.3) is 22.4 Å². The maximum atomic E-state index is 13.5. The van der Waals surface area contributed by atoms with Crippen molar-refractivity contribution in [3.8, 4) is 11.3 Å². The Balaban J connectivity index is 1.82. The number of fused-ring (bicyclic) bond motifs is 1. The summed E-state index contributed by atoms with van der Waals surface area (Å²) in [4.78, 5) is 12.4. The van der Waals surface area contributed by atoms with Crippen molar-refractivity contribution in [2.24, 2.45) is 0 Å². The lowest BCUT2D eigenvalue weighted by atomic mass is 9.88. The Bertz CT molecular complexity index is 922. The van der Waals surface area contributed by atoms with Crippen LogP contribution in [0.1, 0.15) is 24.7 Å². The number of rotatable bonds is 2. The zero-order chi connectivity index (χ0) is 17.1. The Kier molecular flexibility index (Phi) is 3.06. The number of nitrogens with two attached hydrogens (primary N) is 1. The summed E-state index contributed by atoms with van der Waals surface area (Å²) in [6.07, 6.45) is -0.440. The Hall–Kier alpha value is -2.64. The van der Waals surface area contributed by atoms with Crippen molar-refractivity contribution >= 4 is 17.0 Å². The van der Waals surface area contributed by atoms with Crippen LogP contribution < -0.4 is 5.73 Å². The predicted molar refractivity (Wildman–Crippen MR) is 83.1 cm³/mol. The van der Waals surface area contributed by atoms with Crippen LogP contribution in [-0.2, 0) is 0 Å². The minimum atomic E-state index is -2.63. The molecule has 0 radical (unpaired) electrons. The van der Waals surface area contributed by atoms with Crippen LogP contribution in [0.2, 0.25) is 0 Å². The standard InChI is InChI=1S/C16H14F3N5/c1-8-21-12-3-2-11(9-4-13(17)23-14(20)5-9)22-15(12)24(8)10-6-16(18,19)7-10/h2-5,10H,6-7H2,1H3,(H2,20,23). The summed E-state index contributed by atoms with van der Waals surface area (Å²) in [6.45, 7) is 1.77. The molecule has 3 aromatic rings. The third kappa shape index (κ3) is 2.38. The van der Waals surface area contributed by atoms with Crippen molar-refractivity contribution in [3.63, 3.8) is 0 Å². The number of hydrogen-bond acceptors (Lipinski definition) is 4. The molecule has 2 N–H and O–H groups in total. The highest BCUT2D eigenvalue weighted by atomic mass is 19.3. The van der Waals surface area contributed by atoms with Crippen LogP contribution in [0.3, 0.4) is 0 Å². The van der Waals surface area contributed by atoms with Crippen molar-refractivity contribution in [1.82, 2.24) is 19.5 Å². The van der Waals surface area contributed by atoms with Crippen LogP contribution >= 0.6 is 0 Å². The number of nitrogens with zero attached hydrogens (tertiary/aromatic N) is 4. The average Bonchev–Trinajstić information content (AvgIpc) is 2.78. The lowest BCUT2D eigenvalue weighted by Crippen LogP contribution is -2.37. The monoisotopic (exact) mass is 333 g/mol. The van der Waals surface area contributed by atoms with Crippen LogP contribution in [-0.4, -0.2) is 25.4 Å². The maximum Gasteiger partial charge on any atom is 0.252 e. The third-order valence-corrected chi connectivity index (χ3v) is 4.26. The molecular weight excluding hydrogens is 319 g/mol. The number of pyridine rings is 2. The van der Waals surface area contributed by atoms with Gasteiger partial charge in [-0.2, -0.15) is 4.39 Å². The molecule has 1 aliphatic rings. The van der Waals surface area contributed by atoms with Gasteiger partial charge in [-0.1, -0.05) is 0 Å². The van der Waals surface area contributed by atoms with Gasteiger partial charge in [0.05, 0.1) is 5.69 Å². The van der Waals surface area contributed by atoms with Gasteiger partial charge in [-0.05, 0) is 25.1 Å². The van der Waals surface area contributed by atoms with Crippen LogP contribution in [0.15, 0.2) is 24.3 Å². The molecule has 24 heavy (non-hydrogen) atoms. The van der Waals surface area contributed by atoms with E-state index in [2.05, 4.69) is 15.0 Å². The van der Waals surface area contributed by atoms with Crippen molar-refractivity contribution in [2.75, 3.05) is 5.73 Å². The summed E-state index contributed by atoms with van der Waals surface area (Å²) >= 11 is 0. The van der Waals surface area contributed by atoms with Gasteiger partial charge in [-0.15, -0.1) is 0 Å². The highest BCUT2D eigenvalue weighted by molar-refractivity contribution is 5.76. The van der Waals surface area contributed by atoms with Crippen molar-refractivity contribution in [2.45, 2.75) is 31.7 Å². The van der Waals surface area contributed by atoms with Crippen molar-refractivity contribution in [3.05, 3.63) is 36.0 Å². The van der Waals surface area contributed by atoms with Gasteiger partial charge in [0.1, 0.15) is 17.2 Å². The second-order valence-electron chi connectivity index (χ2n) is 6.09. The Morgan fingerprint density at radius 3 is 2.58 bits per heavy atom. The number of alkyl halides is 2. The average molecular weight is 333 g/mol. The number of hydrogen-bond donors (Lipinski definition) is 1. The van der Waals surface area contributed by atoms with Gasteiger partial charge >= 0.3 is 0 Å². The number of aryl methyl sites for hydroxylation is 1. The molecule has 8 heteroatoms. The van der Waals surface area contributed by atoms with E-state index in [1.807, 2.05) is 0 Å². The van der Waals surface area contributed by atoms with Crippen molar-refractivity contribution < 1.29 is 13.2 Å². The molecule has 124 valence electrons. The molecule has 1 fully saturated rings. The van der Waals surface area contributed by atoms with Gasteiger partial charge in [0.25, 0.3) is 5.92 Å². The molecule has 0 bridgehead atoms. The molecule has 0 atom stereocenters. The fraction of sp³-hybridized carbons (Fsp3) is 0.312. The molecule has 0 saturated heterocycles. The Morgan fingerprint density at radius 1 is 1.17 bits per heavy atom. The molecule has 3 heterocycles. The summed E-state index contributed by atoms with van der Waals surface area (Å²) in [5.74, 6) is -2.64. The van der Waals surface area contributed by atoms with E-state index in [0.29, 0.717) is 28.2 Å². The minimum Gasteiger partial charge on any atom is -0.384 e. The topological polar surface area (TPSA) is 69.6 Å². The minimum absolute atomic E-state index is 0.0511. The van der Waals surface area contributed by atoms with E-state index in [9.17, 15) is 13.2 Å². The van der Waals surface area contributed by atoms with Gasteiger partial charge in [0, 0.05) is 30.5 Å². The van der Waals surface area contributed by atoms with Crippen LogP contribution in [0, 0.1) is 12.9 Å². The summed E-state index contributed by atoms with van der Waals surface area (Å²) in [6, 6.07) is 5.86. The first-order chi connectivity index (χ1) is 11.3. The second-order valence-corrected chi connectivity index (χ2v) is 6.09. The fourth-order valence-electron chi connectivity index (χ4n) is 3.16. The second kappa shape index (κ2) is 4.93. The number of aromatic nitrogens is 4. The first kappa shape index (κ1) is 14.9. The number of halogens is 3. The van der Waals surface area contributed by atoms with E-state index >= 15 is 0 Å². The maximum absolute atomic E-state index is 13.5. The van der Waals surface area contributed by atoms with Gasteiger partial charge in [-0.25, -0.2) is 23.7 Å². The first-order valence-electron chi connectivity index (χ1n) is 7.49. The summed E-state index contributed by atoms with van der Waals surface area (Å²) in [5.41, 5.74) is 7.67. The molecular formula is C16H14F3N5. The Labute approximate surface area is 135 Å².